The third-order valence-corrected chi connectivity index (χ3v) is 10.5. The van der Waals surface area contributed by atoms with Crippen LogP contribution < -0.4 is 3.58 Å². The molecule has 0 bridgehead atoms. The zero-order chi connectivity index (χ0) is 36.4. The Kier molecular flexibility index (Phi) is 14.1. The zero-order valence-electron chi connectivity index (χ0n) is 19.2. The summed E-state index contributed by atoms with van der Waals surface area (Å²) < 4.78 is 291. The van der Waals surface area contributed by atoms with Crippen molar-refractivity contribution in [3.8, 4) is 0 Å². The molecule has 0 saturated heterocycles. The van der Waals surface area contributed by atoms with E-state index in [-0.39, 0.29) is 0 Å². The van der Waals surface area contributed by atoms with Crippen molar-refractivity contribution in [2.45, 2.75) is 46.6 Å². The minimum absolute atomic E-state index is 1.06. The second-order valence-corrected chi connectivity index (χ2v) is 16.9. The summed E-state index contributed by atoms with van der Waals surface area (Å²) >= 11 is -1.21. The van der Waals surface area contributed by atoms with Gasteiger partial charge < -0.3 is 9.11 Å². The van der Waals surface area contributed by atoms with E-state index in [0.29, 0.717) is 0 Å². The number of benzene rings is 1. The van der Waals surface area contributed by atoms with Crippen LogP contribution in [-0.2, 0) is 28.5 Å². The normalized spacial score (nSPS) is 15.2. The van der Waals surface area contributed by atoms with Crippen LogP contribution in [0.5, 0.6) is 0 Å². The van der Waals surface area contributed by atoms with E-state index < -0.39 is 94.8 Å². The number of hydrogen-bond donors (Lipinski definition) is 1. The summed E-state index contributed by atoms with van der Waals surface area (Å²) in [4.78, 5) is 0. The third kappa shape index (κ3) is 9.37. The summed E-state index contributed by atoms with van der Waals surface area (Å²) in [5.41, 5.74) is 0. The molecular formula is C14H6F18O8S3Sn. The first-order chi connectivity index (χ1) is 18.8. The Morgan fingerprint density at radius 2 is 0.795 bits per heavy atom. The molecule has 1 aromatic carbocycles. The van der Waals surface area contributed by atoms with Gasteiger partial charge in [0.15, 0.2) is 20.2 Å². The third-order valence-electron chi connectivity index (χ3n) is 3.84. The Labute approximate surface area is 242 Å². The van der Waals surface area contributed by atoms with Gasteiger partial charge >= 0.3 is 117 Å². The van der Waals surface area contributed by atoms with E-state index in [2.05, 4.69) is 0 Å². The molecule has 44 heavy (non-hydrogen) atoms. The summed E-state index contributed by atoms with van der Waals surface area (Å²) in [5.74, 6) is -29.6. The van der Waals surface area contributed by atoms with Crippen LogP contribution in [0, 0.1) is 0 Å². The summed E-state index contributed by atoms with van der Waals surface area (Å²) in [6.07, 6.45) is -14.3. The number of halogens is 18. The van der Waals surface area contributed by atoms with Gasteiger partial charge in [0.05, 0.1) is 0 Å². The summed E-state index contributed by atoms with van der Waals surface area (Å²) in [6, 6.07) is 9.50. The molecule has 0 aliphatic rings. The topological polar surface area (TPSA) is 152 Å². The molecule has 1 aromatic rings. The van der Waals surface area contributed by atoms with E-state index in [0.717, 1.165) is 3.58 Å². The Balaban J connectivity index is 0. The van der Waals surface area contributed by atoms with E-state index in [4.69, 9.17) is 4.55 Å². The van der Waals surface area contributed by atoms with E-state index >= 15 is 0 Å². The number of alkyl halides is 18. The Morgan fingerprint density at radius 1 is 0.545 bits per heavy atom. The van der Waals surface area contributed by atoms with Gasteiger partial charge in [0.2, 0.25) is 0 Å². The van der Waals surface area contributed by atoms with Crippen molar-refractivity contribution >= 4 is 51.8 Å². The van der Waals surface area contributed by atoms with Crippen molar-refractivity contribution in [1.82, 2.24) is 0 Å². The standard InChI is InChI=1S/C6H5.2C4HF9O3S.O2S.Sn/c1-2-4-6-5-3-1;2*5-1(6,3(9,10)11)2(7,8)4(12,13)17(14,15)16;1-3-2;/h1-5H;2*(H,14,15,16);;/q;;;;+1/p-1. The average Bonchev–Trinajstić information content (AvgIpc) is 2.76. The Morgan fingerprint density at radius 3 is 0.977 bits per heavy atom. The predicted molar refractivity (Wildman–Crippen MR) is 104 cm³/mol. The molecular weight excluding hydrogens is 853 g/mol. The second kappa shape index (κ2) is 13.8. The molecule has 0 aliphatic carbocycles. The molecule has 0 aliphatic heterocycles. The first-order valence-corrected chi connectivity index (χ1v) is 17.9. The van der Waals surface area contributed by atoms with Crippen molar-refractivity contribution in [3.05, 3.63) is 30.3 Å². The average molecular weight is 859 g/mol. The maximum absolute atomic E-state index is 12.2. The summed E-state index contributed by atoms with van der Waals surface area (Å²) in [7, 11) is -16.4. The molecule has 0 saturated carbocycles. The molecule has 0 radical (unpaired) electrons. The van der Waals surface area contributed by atoms with Crippen LogP contribution in [0.3, 0.4) is 0 Å². The molecule has 0 spiro atoms. The summed E-state index contributed by atoms with van der Waals surface area (Å²) in [6.45, 7) is 0. The molecule has 0 heterocycles. The molecule has 258 valence electrons. The van der Waals surface area contributed by atoms with Crippen LogP contribution in [0.25, 0.3) is 0 Å². The number of rotatable bonds is 8. The minimum atomic E-state index is -7.43. The van der Waals surface area contributed by atoms with Gasteiger partial charge in [-0.1, -0.05) is 0 Å². The van der Waals surface area contributed by atoms with Crippen molar-refractivity contribution in [1.29, 1.82) is 0 Å². The van der Waals surface area contributed by atoms with Crippen molar-refractivity contribution in [2.24, 2.45) is 0 Å². The quantitative estimate of drug-likeness (QED) is 0.178. The molecule has 30 heteroatoms. The van der Waals surface area contributed by atoms with Gasteiger partial charge in [-0.25, -0.2) is 16.8 Å². The monoisotopic (exact) mass is 860 g/mol. The fourth-order valence-electron chi connectivity index (χ4n) is 1.64. The van der Waals surface area contributed by atoms with Crippen LogP contribution in [0.1, 0.15) is 0 Å². The SMILES string of the molecule is O=S(=O)([O-])C(F)(F)C(F)(F)C(F)(F)C(F)(F)F.O=S(=O)([O-])C(F)(F)C(F)(F)C(F)(F)C(F)(F)F.O=[S](O)[Sn+2][c]1ccccc1. The maximum atomic E-state index is 12.2. The van der Waals surface area contributed by atoms with Gasteiger partial charge in [0, 0.05) is 0 Å². The summed E-state index contributed by atoms with van der Waals surface area (Å²) in [5, 5.41) is -14.2. The van der Waals surface area contributed by atoms with Gasteiger partial charge in [-0.3, -0.25) is 0 Å². The van der Waals surface area contributed by atoms with E-state index in [1.165, 1.54) is 0 Å². The van der Waals surface area contributed by atoms with E-state index in [9.17, 15) is 109 Å². The first kappa shape index (κ1) is 44.8. The van der Waals surface area contributed by atoms with Gasteiger partial charge in [-0.05, 0) is 0 Å². The molecule has 1 N–H and O–H groups in total. The fourth-order valence-corrected chi connectivity index (χ4v) is 6.31. The molecule has 1 unspecified atom stereocenters. The van der Waals surface area contributed by atoms with Crippen molar-refractivity contribution in [2.75, 3.05) is 0 Å². The number of hydrogen-bond acceptors (Lipinski definition) is 7. The molecule has 1 atom stereocenters. The van der Waals surface area contributed by atoms with Gasteiger partial charge in [0.25, 0.3) is 0 Å². The fraction of sp³-hybridized carbons (Fsp3) is 0.571. The zero-order valence-corrected chi connectivity index (χ0v) is 24.5. The van der Waals surface area contributed by atoms with Crippen LogP contribution >= 0.6 is 0 Å². The Bertz CT molecular complexity index is 1270. The Hall–Kier alpha value is -1.31. The molecule has 0 amide bonds. The molecule has 8 nitrogen and oxygen atoms in total. The van der Waals surface area contributed by atoms with E-state index in [1.807, 2.05) is 30.3 Å². The van der Waals surface area contributed by atoms with Gasteiger partial charge in [-0.2, -0.15) is 79.0 Å². The predicted octanol–water partition coefficient (Wildman–Crippen LogP) is 4.07. The molecule has 0 aromatic heterocycles. The molecule has 0 fully saturated rings. The first-order valence-electron chi connectivity index (χ1n) is 9.02. The van der Waals surface area contributed by atoms with Crippen LogP contribution in [0.15, 0.2) is 30.3 Å². The van der Waals surface area contributed by atoms with Crippen molar-refractivity contribution < 1.29 is 114 Å². The second-order valence-electron chi connectivity index (χ2n) is 6.95. The van der Waals surface area contributed by atoms with Gasteiger partial charge in [-0.15, -0.1) is 0 Å². The van der Waals surface area contributed by atoms with Crippen molar-refractivity contribution in [3.63, 3.8) is 0 Å². The molecule has 1 rings (SSSR count). The van der Waals surface area contributed by atoms with Gasteiger partial charge in [0.1, 0.15) is 0 Å². The van der Waals surface area contributed by atoms with E-state index in [1.54, 1.807) is 0 Å². The van der Waals surface area contributed by atoms with Crippen LogP contribution in [0.4, 0.5) is 79.0 Å². The van der Waals surface area contributed by atoms with Crippen LogP contribution in [0.2, 0.25) is 0 Å². The van der Waals surface area contributed by atoms with Crippen LogP contribution in [-0.4, -0.2) is 101 Å².